The number of esters is 1. The molecule has 2 bridgehead atoms. The van der Waals surface area contributed by atoms with E-state index in [9.17, 15) is 19.5 Å². The van der Waals surface area contributed by atoms with E-state index in [0.717, 1.165) is 37.0 Å². The Hall–Kier alpha value is -1.89. The van der Waals surface area contributed by atoms with E-state index in [4.69, 9.17) is 4.74 Å². The van der Waals surface area contributed by atoms with E-state index < -0.39 is 23.8 Å². The quantitative estimate of drug-likeness (QED) is 0.734. The van der Waals surface area contributed by atoms with Gasteiger partial charge in [0.25, 0.3) is 0 Å². The van der Waals surface area contributed by atoms with Gasteiger partial charge in [0.05, 0.1) is 12.2 Å². The van der Waals surface area contributed by atoms with Crippen molar-refractivity contribution in [2.45, 2.75) is 46.0 Å². The molecule has 2 aliphatic rings. The first-order valence-electron chi connectivity index (χ1n) is 9.27. The fourth-order valence-corrected chi connectivity index (χ4v) is 5.62. The number of thiophene rings is 1. The maximum atomic E-state index is 12.9. The maximum Gasteiger partial charge on any atom is 0.341 e. The van der Waals surface area contributed by atoms with Gasteiger partial charge in [-0.15, -0.1) is 11.3 Å². The number of ether oxygens (including phenoxy) is 1. The van der Waals surface area contributed by atoms with Crippen LogP contribution in [0.2, 0.25) is 0 Å². The number of aliphatic carboxylic acids is 1. The van der Waals surface area contributed by atoms with Gasteiger partial charge in [-0.3, -0.25) is 4.79 Å². The van der Waals surface area contributed by atoms with Crippen molar-refractivity contribution in [3.05, 3.63) is 16.5 Å². The monoisotopic (exact) mass is 378 g/mol. The fourth-order valence-electron chi connectivity index (χ4n) is 4.47. The van der Waals surface area contributed by atoms with Crippen molar-refractivity contribution in [3.8, 4) is 0 Å². The molecule has 2 fully saturated rings. The highest BCUT2D eigenvalue weighted by Gasteiger charge is 2.51. The van der Waals surface area contributed by atoms with Crippen molar-refractivity contribution in [1.29, 1.82) is 0 Å². The molecule has 3 rings (SSSR count). The molecule has 1 aromatic rings. The third-order valence-corrected chi connectivity index (χ3v) is 6.61. The molecule has 1 N–H and O–H groups in total. The summed E-state index contributed by atoms with van der Waals surface area (Å²) in [5.41, 5.74) is 0.349. The number of rotatable bonds is 7. The second-order valence-corrected chi connectivity index (χ2v) is 8.26. The number of carbonyl (C=O) groups is 3. The third-order valence-electron chi connectivity index (χ3n) is 5.50. The second kappa shape index (κ2) is 7.78. The number of carboxylic acids is 1. The van der Waals surface area contributed by atoms with Crippen molar-refractivity contribution in [3.63, 3.8) is 0 Å². The van der Waals surface area contributed by atoms with Gasteiger partial charge in [-0.1, -0.05) is 13.3 Å². The molecule has 4 atom stereocenters. The Kier molecular flexibility index (Phi) is 5.65. The molecule has 0 aromatic carbocycles. The van der Waals surface area contributed by atoms with Gasteiger partial charge in [0.15, 0.2) is 0 Å². The first-order valence-corrected chi connectivity index (χ1v) is 10.1. The summed E-state index contributed by atoms with van der Waals surface area (Å²) in [6, 6.07) is 1.76. The van der Waals surface area contributed by atoms with Crippen LogP contribution in [0.15, 0.2) is 6.07 Å². The minimum absolute atomic E-state index is 0.0317. The van der Waals surface area contributed by atoms with Gasteiger partial charge >= 0.3 is 5.97 Å². The predicted octanol–water partition coefficient (Wildman–Crippen LogP) is 2.23. The smallest absolute Gasteiger partial charge is 0.341 e. The molecule has 0 aliphatic heterocycles. The van der Waals surface area contributed by atoms with Crippen LogP contribution in [0.5, 0.6) is 0 Å². The van der Waals surface area contributed by atoms with Crippen molar-refractivity contribution in [2.75, 3.05) is 11.9 Å². The lowest BCUT2D eigenvalue weighted by atomic mass is 9.79. The SMILES string of the molecule is CCCc1cc(C(=O)OCC)c(NC(=O)[C@H]2[C@@H]3CC[C@@H](C3)[C@@H]2C(=O)[O-])s1. The molecule has 2 aliphatic carbocycles. The van der Waals surface area contributed by atoms with Crippen LogP contribution in [0.25, 0.3) is 0 Å². The Morgan fingerprint density at radius 3 is 2.54 bits per heavy atom. The summed E-state index contributed by atoms with van der Waals surface area (Å²) in [6.07, 6.45) is 4.23. The molecule has 1 heterocycles. The number of hydrogen-bond acceptors (Lipinski definition) is 6. The topological polar surface area (TPSA) is 95.5 Å². The zero-order chi connectivity index (χ0) is 18.8. The number of anilines is 1. The molecule has 0 radical (unpaired) electrons. The number of carbonyl (C=O) groups excluding carboxylic acids is 3. The zero-order valence-electron chi connectivity index (χ0n) is 15.1. The predicted molar refractivity (Wildman–Crippen MR) is 95.7 cm³/mol. The third kappa shape index (κ3) is 3.49. The fraction of sp³-hybridized carbons (Fsp3) is 0.632. The van der Waals surface area contributed by atoms with Crippen LogP contribution < -0.4 is 10.4 Å². The lowest BCUT2D eigenvalue weighted by Gasteiger charge is -2.30. The lowest BCUT2D eigenvalue weighted by Crippen LogP contribution is -2.44. The van der Waals surface area contributed by atoms with E-state index in [1.54, 1.807) is 13.0 Å². The minimum Gasteiger partial charge on any atom is -0.550 e. The molecule has 142 valence electrons. The van der Waals surface area contributed by atoms with Crippen molar-refractivity contribution in [1.82, 2.24) is 0 Å². The number of amides is 1. The molecule has 0 saturated heterocycles. The van der Waals surface area contributed by atoms with Gasteiger partial charge in [-0.25, -0.2) is 4.79 Å². The highest BCUT2D eigenvalue weighted by molar-refractivity contribution is 7.16. The van der Waals surface area contributed by atoms with Crippen molar-refractivity contribution >= 4 is 34.2 Å². The molecule has 7 heteroatoms. The highest BCUT2D eigenvalue weighted by atomic mass is 32.1. The van der Waals surface area contributed by atoms with E-state index in [0.29, 0.717) is 10.6 Å². The summed E-state index contributed by atoms with van der Waals surface area (Å²) in [5, 5.41) is 14.8. The average molecular weight is 378 g/mol. The number of fused-ring (bicyclic) bond motifs is 2. The summed E-state index contributed by atoms with van der Waals surface area (Å²) < 4.78 is 5.09. The first-order chi connectivity index (χ1) is 12.5. The molecular formula is C19H24NO5S-. The molecule has 26 heavy (non-hydrogen) atoms. The van der Waals surface area contributed by atoms with Crippen LogP contribution in [0.3, 0.4) is 0 Å². The van der Waals surface area contributed by atoms with Gasteiger partial charge in [0, 0.05) is 22.7 Å². The lowest BCUT2D eigenvalue weighted by molar-refractivity contribution is -0.314. The van der Waals surface area contributed by atoms with Crippen LogP contribution in [-0.4, -0.2) is 24.5 Å². The van der Waals surface area contributed by atoms with Crippen LogP contribution in [0.4, 0.5) is 5.00 Å². The minimum atomic E-state index is -1.14. The van der Waals surface area contributed by atoms with E-state index in [1.165, 1.54) is 11.3 Å². The Balaban J connectivity index is 1.82. The summed E-state index contributed by atoms with van der Waals surface area (Å²) in [4.78, 5) is 37.6. The Morgan fingerprint density at radius 1 is 1.23 bits per heavy atom. The van der Waals surface area contributed by atoms with Gasteiger partial charge in [0.1, 0.15) is 5.00 Å². The maximum absolute atomic E-state index is 12.9. The van der Waals surface area contributed by atoms with Crippen LogP contribution >= 0.6 is 11.3 Å². The summed E-state index contributed by atoms with van der Waals surface area (Å²) in [5.74, 6) is -3.11. The first kappa shape index (κ1) is 18.9. The zero-order valence-corrected chi connectivity index (χ0v) is 15.9. The second-order valence-electron chi connectivity index (χ2n) is 7.12. The number of nitrogens with one attached hydrogen (secondary N) is 1. The van der Waals surface area contributed by atoms with E-state index >= 15 is 0 Å². The molecule has 6 nitrogen and oxygen atoms in total. The highest BCUT2D eigenvalue weighted by Crippen LogP contribution is 2.52. The molecular weight excluding hydrogens is 354 g/mol. The Bertz CT molecular complexity index is 713. The number of carboxylic acid groups (broad SMARTS) is 1. The molecule has 2 saturated carbocycles. The largest absolute Gasteiger partial charge is 0.550 e. The van der Waals surface area contributed by atoms with Crippen molar-refractivity contribution in [2.24, 2.45) is 23.7 Å². The molecule has 1 aromatic heterocycles. The Labute approximate surface area is 156 Å². The average Bonchev–Trinajstić information content (AvgIpc) is 3.29. The van der Waals surface area contributed by atoms with Gasteiger partial charge < -0.3 is 20.0 Å². The summed E-state index contributed by atoms with van der Waals surface area (Å²) in [7, 11) is 0. The van der Waals surface area contributed by atoms with E-state index in [2.05, 4.69) is 5.32 Å². The molecule has 0 unspecified atom stereocenters. The van der Waals surface area contributed by atoms with E-state index in [1.807, 2.05) is 6.92 Å². The normalized spacial score (nSPS) is 26.7. The van der Waals surface area contributed by atoms with Crippen LogP contribution in [-0.2, 0) is 20.7 Å². The van der Waals surface area contributed by atoms with Gasteiger partial charge in [-0.2, -0.15) is 0 Å². The van der Waals surface area contributed by atoms with Crippen molar-refractivity contribution < 1.29 is 24.2 Å². The Morgan fingerprint density at radius 2 is 1.92 bits per heavy atom. The van der Waals surface area contributed by atoms with E-state index in [-0.39, 0.29) is 24.3 Å². The molecule has 0 spiro atoms. The summed E-state index contributed by atoms with van der Waals surface area (Å²) >= 11 is 1.36. The van der Waals surface area contributed by atoms with Gasteiger partial charge in [0.2, 0.25) is 5.91 Å². The van der Waals surface area contributed by atoms with Crippen LogP contribution in [0.1, 0.15) is 54.8 Å². The summed E-state index contributed by atoms with van der Waals surface area (Å²) in [6.45, 7) is 4.03. The van der Waals surface area contributed by atoms with Crippen LogP contribution in [0, 0.1) is 23.7 Å². The molecule has 1 amide bonds. The van der Waals surface area contributed by atoms with Gasteiger partial charge in [-0.05, 0) is 50.5 Å². The number of aryl methyl sites for hydroxylation is 1. The standard InChI is InChI=1S/C19H25NO5S/c1-3-5-12-9-13(19(24)25-4-2)17(26-12)20-16(21)14-10-6-7-11(8-10)15(14)18(22)23/h9-11,14-15H,3-8H2,1-2H3,(H,20,21)(H,22,23)/p-1/t10-,11+,14+,15+/m1/s1. The number of hydrogen-bond donors (Lipinski definition) is 1.